The van der Waals surface area contributed by atoms with Gasteiger partial charge in [-0.1, -0.05) is 6.92 Å². The second kappa shape index (κ2) is 12.7. The lowest BCUT2D eigenvalue weighted by Crippen LogP contribution is -2.49. The Labute approximate surface area is 132 Å². The Morgan fingerprint density at radius 1 is 1.50 bits per heavy atom. The summed E-state index contributed by atoms with van der Waals surface area (Å²) in [5.41, 5.74) is 4.78. The Morgan fingerprint density at radius 2 is 2.00 bits per heavy atom. The van der Waals surface area contributed by atoms with E-state index in [-0.39, 0.29) is 12.3 Å². The van der Waals surface area contributed by atoms with Gasteiger partial charge in [-0.05, 0) is 20.4 Å². The van der Waals surface area contributed by atoms with Crippen LogP contribution in [0.25, 0.3) is 0 Å². The smallest absolute Gasteiger partial charge is 0.332 e. The van der Waals surface area contributed by atoms with Gasteiger partial charge in [-0.3, -0.25) is 9.45 Å². The van der Waals surface area contributed by atoms with Gasteiger partial charge in [0.15, 0.2) is 0 Å². The number of carboxylic acid groups (broad SMARTS) is 1. The highest BCUT2D eigenvalue weighted by molar-refractivity contribution is 7.85. The molecule has 1 fully saturated rings. The molecule has 0 aromatic heterocycles. The number of piperazine rings is 1. The number of aliphatic carboxylic acids is 1. The Morgan fingerprint density at radius 3 is 2.18 bits per heavy atom. The quantitative estimate of drug-likeness (QED) is 0.387. The monoisotopic (exact) mass is 343 g/mol. The zero-order valence-electron chi connectivity index (χ0n) is 13.4. The number of carboxylic acids is 1. The topological polar surface area (TPSA) is 153 Å². The molecule has 10 heteroatoms. The summed E-state index contributed by atoms with van der Waals surface area (Å²) in [6.07, 6.45) is -1.23. The van der Waals surface area contributed by atoms with Crippen LogP contribution in [0.3, 0.4) is 0 Å². The molecule has 0 bridgehead atoms. The molecule has 9 nitrogen and oxygen atoms in total. The lowest BCUT2D eigenvalue weighted by molar-refractivity contribution is -0.145. The number of likely N-dealkylation sites (N-methyl/N-ethyl adjacent to an activating group) is 1. The third-order valence-corrected chi connectivity index (χ3v) is 3.53. The van der Waals surface area contributed by atoms with Crippen molar-refractivity contribution >= 4 is 16.1 Å². The molecule has 1 aliphatic rings. The van der Waals surface area contributed by atoms with Gasteiger partial charge >= 0.3 is 5.97 Å². The molecule has 1 heterocycles. The number of rotatable bonds is 4. The van der Waals surface area contributed by atoms with Gasteiger partial charge in [0.1, 0.15) is 6.10 Å². The van der Waals surface area contributed by atoms with E-state index in [1.54, 1.807) is 0 Å². The van der Waals surface area contributed by atoms with Crippen molar-refractivity contribution < 1.29 is 28.0 Å². The van der Waals surface area contributed by atoms with E-state index in [1.807, 2.05) is 0 Å². The van der Waals surface area contributed by atoms with Gasteiger partial charge in [-0.15, -0.1) is 0 Å². The summed E-state index contributed by atoms with van der Waals surface area (Å²) < 4.78 is 27.3. The third-order valence-electron chi connectivity index (χ3n) is 2.78. The summed E-state index contributed by atoms with van der Waals surface area (Å²) in [6.45, 7) is 10.4. The van der Waals surface area contributed by atoms with Crippen molar-refractivity contribution in [3.8, 4) is 0 Å². The Hall–Kier alpha value is -0.780. The molecule has 0 aromatic carbocycles. The molecule has 0 aromatic rings. The summed E-state index contributed by atoms with van der Waals surface area (Å²) in [7, 11) is -3.80. The van der Waals surface area contributed by atoms with Gasteiger partial charge in [0.25, 0.3) is 10.1 Å². The van der Waals surface area contributed by atoms with E-state index in [9.17, 15) is 13.2 Å². The molecule has 22 heavy (non-hydrogen) atoms. The van der Waals surface area contributed by atoms with Gasteiger partial charge in [0, 0.05) is 32.2 Å². The van der Waals surface area contributed by atoms with Gasteiger partial charge < -0.3 is 21.3 Å². The van der Waals surface area contributed by atoms with Crippen molar-refractivity contribution in [2.75, 3.05) is 38.5 Å². The minimum Gasteiger partial charge on any atom is -0.479 e. The van der Waals surface area contributed by atoms with Crippen LogP contribution in [0.1, 0.15) is 20.8 Å². The predicted molar refractivity (Wildman–Crippen MR) is 84.4 cm³/mol. The fraction of sp³-hybridized carbons (Fsp3) is 0.917. The average molecular weight is 343 g/mol. The first-order valence-electron chi connectivity index (χ1n) is 7.06. The molecule has 6 N–H and O–H groups in total. The first-order chi connectivity index (χ1) is 10.0. The number of aliphatic hydroxyl groups excluding tert-OH is 1. The van der Waals surface area contributed by atoms with Gasteiger partial charge in [0.05, 0.1) is 5.75 Å². The number of aliphatic hydroxyl groups is 1. The number of nitrogens with one attached hydrogen (secondary N) is 1. The van der Waals surface area contributed by atoms with Crippen LogP contribution in [-0.2, 0) is 14.9 Å². The van der Waals surface area contributed by atoms with Crippen molar-refractivity contribution in [3.63, 3.8) is 0 Å². The van der Waals surface area contributed by atoms with Crippen LogP contribution in [0.15, 0.2) is 0 Å². The first-order valence-corrected chi connectivity index (χ1v) is 8.66. The van der Waals surface area contributed by atoms with Crippen molar-refractivity contribution in [3.05, 3.63) is 0 Å². The molecule has 1 aliphatic heterocycles. The van der Waals surface area contributed by atoms with Crippen molar-refractivity contribution in [1.82, 2.24) is 10.2 Å². The average Bonchev–Trinajstić information content (AvgIpc) is 2.39. The highest BCUT2D eigenvalue weighted by Gasteiger charge is 2.14. The first kappa shape index (κ1) is 23.5. The lowest BCUT2D eigenvalue weighted by Gasteiger charge is -2.32. The van der Waals surface area contributed by atoms with E-state index >= 15 is 0 Å². The van der Waals surface area contributed by atoms with E-state index < -0.39 is 22.2 Å². The summed E-state index contributed by atoms with van der Waals surface area (Å²) in [6, 6.07) is 0.740. The minimum absolute atomic E-state index is 0.0289. The number of carbonyl (C=O) groups is 1. The Balaban J connectivity index is 0. The zero-order valence-corrected chi connectivity index (χ0v) is 14.2. The number of hydrogen-bond acceptors (Lipinski definition) is 7. The molecule has 0 spiro atoms. The normalized spacial score (nSPS) is 20.0. The van der Waals surface area contributed by atoms with E-state index in [1.165, 1.54) is 20.0 Å². The molecule has 2 unspecified atom stereocenters. The summed E-state index contributed by atoms with van der Waals surface area (Å²) in [5.74, 6) is -1.54. The third kappa shape index (κ3) is 15.6. The maximum atomic E-state index is 9.71. The lowest BCUT2D eigenvalue weighted by atomic mass is 10.2. The highest BCUT2D eigenvalue weighted by Crippen LogP contribution is 1.99. The van der Waals surface area contributed by atoms with Crippen molar-refractivity contribution in [1.29, 1.82) is 0 Å². The van der Waals surface area contributed by atoms with Crippen LogP contribution >= 0.6 is 0 Å². The minimum atomic E-state index is -3.80. The molecule has 0 radical (unpaired) electrons. The molecule has 0 aliphatic carbocycles. The van der Waals surface area contributed by atoms with E-state index in [0.717, 1.165) is 19.1 Å². The fourth-order valence-corrected chi connectivity index (χ4v) is 1.80. The molecule has 0 amide bonds. The second-order valence-electron chi connectivity index (χ2n) is 4.77. The van der Waals surface area contributed by atoms with Crippen LogP contribution in [0.4, 0.5) is 0 Å². The SMILES string of the molecule is CC(O)C(=O)O.CCN1CCNCC1C.NCCS(=O)(=O)O. The number of nitrogens with zero attached hydrogens (tertiary/aromatic N) is 1. The molecular weight excluding hydrogens is 314 g/mol. The van der Waals surface area contributed by atoms with Gasteiger partial charge in [-0.2, -0.15) is 8.42 Å². The molecular formula is C12H29N3O6S. The Bertz CT molecular complexity index is 388. The molecule has 1 saturated heterocycles. The number of nitrogens with two attached hydrogens (primary N) is 1. The predicted octanol–water partition coefficient (Wildman–Crippen LogP) is -1.42. The number of hydrogen-bond donors (Lipinski definition) is 5. The molecule has 1 rings (SSSR count). The Kier molecular flexibility index (Phi) is 13.6. The second-order valence-corrected chi connectivity index (χ2v) is 6.34. The van der Waals surface area contributed by atoms with Crippen molar-refractivity contribution in [2.45, 2.75) is 32.9 Å². The van der Waals surface area contributed by atoms with E-state index in [0.29, 0.717) is 0 Å². The maximum Gasteiger partial charge on any atom is 0.332 e. The van der Waals surface area contributed by atoms with Crippen LogP contribution in [0.5, 0.6) is 0 Å². The summed E-state index contributed by atoms with van der Waals surface area (Å²) in [4.78, 5) is 11.9. The standard InChI is InChI=1S/C7H16N2.C3H6O3.C2H7NO3S/c1-3-9-5-4-8-6-7(9)2;1-2(4)3(5)6;3-1-2-7(4,5)6/h7-8H,3-6H2,1-2H3;2,4H,1H3,(H,5,6);1-3H2,(H,4,5,6). The van der Waals surface area contributed by atoms with Gasteiger partial charge in [0.2, 0.25) is 0 Å². The fourth-order valence-electron chi connectivity index (χ4n) is 1.50. The largest absolute Gasteiger partial charge is 0.479 e. The van der Waals surface area contributed by atoms with Crippen LogP contribution < -0.4 is 11.1 Å². The molecule has 0 saturated carbocycles. The van der Waals surface area contributed by atoms with Crippen molar-refractivity contribution in [2.24, 2.45) is 5.73 Å². The summed E-state index contributed by atoms with van der Waals surface area (Å²) in [5, 5.41) is 19.1. The van der Waals surface area contributed by atoms with Crippen LogP contribution in [0.2, 0.25) is 0 Å². The summed E-state index contributed by atoms with van der Waals surface area (Å²) >= 11 is 0. The van der Waals surface area contributed by atoms with E-state index in [4.69, 9.17) is 20.5 Å². The van der Waals surface area contributed by atoms with Crippen LogP contribution in [-0.4, -0.2) is 84.7 Å². The zero-order chi connectivity index (χ0) is 17.8. The highest BCUT2D eigenvalue weighted by atomic mass is 32.2. The molecule has 134 valence electrons. The maximum absolute atomic E-state index is 9.71. The van der Waals surface area contributed by atoms with Gasteiger partial charge in [-0.25, -0.2) is 4.79 Å². The molecule has 2 atom stereocenters. The van der Waals surface area contributed by atoms with Crippen LogP contribution in [0, 0.1) is 0 Å². The van der Waals surface area contributed by atoms with E-state index in [2.05, 4.69) is 24.1 Å².